The fraction of sp³-hybridized carbons (Fsp3) is 0.958. The van der Waals surface area contributed by atoms with Gasteiger partial charge in [-0.1, -0.05) is 116 Å². The van der Waals surface area contributed by atoms with Gasteiger partial charge in [-0.2, -0.15) is 0 Å². The zero-order valence-corrected chi connectivity index (χ0v) is 21.6. The lowest BCUT2D eigenvalue weighted by Gasteiger charge is -2.03. The minimum Gasteiger partial charge on any atom is -0.370 e. The summed E-state index contributed by atoms with van der Waals surface area (Å²) in [6, 6.07) is 2.69. The van der Waals surface area contributed by atoms with Gasteiger partial charge in [-0.25, -0.2) is 9.78 Å². The topological polar surface area (TPSA) is 61.6 Å². The molecule has 1 amide bonds. The molecule has 0 rings (SSSR count). The molecule has 176 valence electrons. The van der Waals surface area contributed by atoms with E-state index in [4.69, 9.17) is 10.6 Å². The van der Waals surface area contributed by atoms with E-state index in [2.05, 4.69) is 18.7 Å². The number of nitrogens with two attached hydrogens (primary N) is 1. The first-order chi connectivity index (χ1) is 14.2. The van der Waals surface area contributed by atoms with Gasteiger partial charge in [0.2, 0.25) is 5.91 Å². The Bertz CT molecular complexity index is 298. The first-order valence-electron chi connectivity index (χ1n) is 12.6. The smallest absolute Gasteiger partial charge is 0.217 e. The molecule has 0 spiro atoms. The Labute approximate surface area is 184 Å². The Morgan fingerprint density at radius 3 is 1.52 bits per heavy atom. The van der Waals surface area contributed by atoms with Gasteiger partial charge in [-0.05, 0) is 12.5 Å². The monoisotopic (exact) mass is 431 g/mol. The van der Waals surface area contributed by atoms with Crippen LogP contribution in [-0.2, 0) is 14.6 Å². The molecule has 0 fully saturated rings. The van der Waals surface area contributed by atoms with Gasteiger partial charge in [0.15, 0.2) is 0 Å². The second-order valence-corrected chi connectivity index (χ2v) is 10.3. The fourth-order valence-electron chi connectivity index (χ4n) is 3.34. The zero-order chi connectivity index (χ0) is 21.8. The minimum atomic E-state index is -0.153. The Hall–Kier alpha value is -0.393. The predicted octanol–water partition coefficient (Wildman–Crippen LogP) is 6.71. The van der Waals surface area contributed by atoms with Crippen molar-refractivity contribution in [3.8, 4) is 0 Å². The predicted molar refractivity (Wildman–Crippen MR) is 130 cm³/mol. The minimum absolute atomic E-state index is 0.153. The van der Waals surface area contributed by atoms with Crippen molar-refractivity contribution in [1.29, 1.82) is 0 Å². The molecule has 0 aliphatic carbocycles. The third-order valence-electron chi connectivity index (χ3n) is 5.23. The van der Waals surface area contributed by atoms with Crippen LogP contribution in [-0.4, -0.2) is 29.1 Å². The summed E-state index contributed by atoms with van der Waals surface area (Å²) in [5, 5.41) is 0. The molecular formula is C24H53NO3Si. The standard InChI is InChI=1S/C18H37NO.C6H16O2Si/c1-2-3-4-5-6-7-8-9-10-11-12-13-14-15-16-17-18(19)20;1-3-5-9-6-4-8-7-2/h2-17H2,1H3,(H2,19,20);3-6,9H2,1-2H3. The van der Waals surface area contributed by atoms with Crippen LogP contribution in [0.25, 0.3) is 0 Å². The van der Waals surface area contributed by atoms with E-state index >= 15 is 0 Å². The van der Waals surface area contributed by atoms with Gasteiger partial charge in [0.25, 0.3) is 0 Å². The molecule has 0 saturated carbocycles. The summed E-state index contributed by atoms with van der Waals surface area (Å²) in [4.78, 5) is 19.7. The van der Waals surface area contributed by atoms with E-state index in [0.717, 1.165) is 13.0 Å². The normalized spacial score (nSPS) is 11.0. The second kappa shape index (κ2) is 29.8. The number of hydrogen-bond donors (Lipinski definition) is 1. The molecule has 0 radical (unpaired) electrons. The summed E-state index contributed by atoms with van der Waals surface area (Å²) in [5.41, 5.74) is 5.11. The fourth-order valence-corrected chi connectivity index (χ4v) is 4.52. The lowest BCUT2D eigenvalue weighted by molar-refractivity contribution is -0.268. The maximum absolute atomic E-state index is 10.6. The van der Waals surface area contributed by atoms with Crippen LogP contribution in [0.1, 0.15) is 123 Å². The molecule has 2 N–H and O–H groups in total. The lowest BCUT2D eigenvalue weighted by Crippen LogP contribution is -2.09. The third kappa shape index (κ3) is 35.4. The van der Waals surface area contributed by atoms with Crippen molar-refractivity contribution in [1.82, 2.24) is 0 Å². The van der Waals surface area contributed by atoms with Crippen LogP contribution in [0.5, 0.6) is 0 Å². The molecule has 0 atom stereocenters. The number of amides is 1. The van der Waals surface area contributed by atoms with Crippen molar-refractivity contribution in [2.45, 2.75) is 135 Å². The summed E-state index contributed by atoms with van der Waals surface area (Å²) >= 11 is 0. The quantitative estimate of drug-likeness (QED) is 0.0896. The number of hydrogen-bond acceptors (Lipinski definition) is 3. The van der Waals surface area contributed by atoms with E-state index in [9.17, 15) is 4.79 Å². The summed E-state index contributed by atoms with van der Waals surface area (Å²) < 4.78 is 0. The zero-order valence-electron chi connectivity index (χ0n) is 20.2. The second-order valence-electron chi connectivity index (χ2n) is 8.22. The number of unbranched alkanes of at least 4 members (excludes halogenated alkanes) is 14. The molecule has 5 heteroatoms. The highest BCUT2D eigenvalue weighted by atomic mass is 28.2. The van der Waals surface area contributed by atoms with Crippen LogP contribution in [0.4, 0.5) is 0 Å². The van der Waals surface area contributed by atoms with E-state index in [1.54, 1.807) is 7.11 Å². The molecular weight excluding hydrogens is 378 g/mol. The molecule has 0 aliphatic rings. The van der Waals surface area contributed by atoms with Crippen molar-refractivity contribution >= 4 is 15.4 Å². The SMILES string of the molecule is CCCCCCCCCCCCCCCCCC(N)=O.CCC[SiH2]CCOOC. The Morgan fingerprint density at radius 1 is 0.690 bits per heavy atom. The van der Waals surface area contributed by atoms with Gasteiger partial charge < -0.3 is 5.73 Å². The highest BCUT2D eigenvalue weighted by Crippen LogP contribution is 2.13. The van der Waals surface area contributed by atoms with Crippen LogP contribution in [0.15, 0.2) is 0 Å². The highest BCUT2D eigenvalue weighted by Gasteiger charge is 1.96. The molecule has 4 nitrogen and oxygen atoms in total. The molecule has 0 aliphatic heterocycles. The van der Waals surface area contributed by atoms with Gasteiger partial charge in [-0.3, -0.25) is 4.79 Å². The summed E-state index contributed by atoms with van der Waals surface area (Å²) in [6.07, 6.45) is 22.2. The van der Waals surface area contributed by atoms with Gasteiger partial charge >= 0.3 is 0 Å². The first-order valence-corrected chi connectivity index (χ1v) is 14.6. The van der Waals surface area contributed by atoms with E-state index in [-0.39, 0.29) is 15.4 Å². The molecule has 0 aromatic carbocycles. The number of primary amides is 1. The third-order valence-corrected chi connectivity index (χ3v) is 7.22. The maximum atomic E-state index is 10.6. The van der Waals surface area contributed by atoms with Crippen LogP contribution >= 0.6 is 0 Å². The van der Waals surface area contributed by atoms with Gasteiger partial charge in [0.1, 0.15) is 0 Å². The molecule has 0 heterocycles. The van der Waals surface area contributed by atoms with Crippen molar-refractivity contribution in [3.63, 3.8) is 0 Å². The average molecular weight is 432 g/mol. The molecule has 29 heavy (non-hydrogen) atoms. The van der Waals surface area contributed by atoms with Crippen LogP contribution in [0.2, 0.25) is 12.1 Å². The number of carbonyl (C=O) groups excluding carboxylic acids is 1. The largest absolute Gasteiger partial charge is 0.370 e. The Kier molecular flexibility index (Phi) is 31.7. The van der Waals surface area contributed by atoms with Crippen LogP contribution in [0.3, 0.4) is 0 Å². The van der Waals surface area contributed by atoms with E-state index in [1.165, 1.54) is 108 Å². The first kappa shape index (κ1) is 30.8. The van der Waals surface area contributed by atoms with E-state index < -0.39 is 0 Å². The lowest BCUT2D eigenvalue weighted by atomic mass is 10.0. The Balaban J connectivity index is 0. The molecule has 0 unspecified atom stereocenters. The summed E-state index contributed by atoms with van der Waals surface area (Å²) in [7, 11) is 1.74. The van der Waals surface area contributed by atoms with E-state index in [1.807, 2.05) is 0 Å². The number of rotatable bonds is 22. The van der Waals surface area contributed by atoms with E-state index in [0.29, 0.717) is 6.42 Å². The summed E-state index contributed by atoms with van der Waals surface area (Å²) in [6.45, 7) is 5.30. The number of carbonyl (C=O) groups is 1. The van der Waals surface area contributed by atoms with Gasteiger partial charge in [-0.15, -0.1) is 0 Å². The average Bonchev–Trinajstić information content (AvgIpc) is 2.71. The highest BCUT2D eigenvalue weighted by molar-refractivity contribution is 6.35. The molecule has 0 saturated heterocycles. The van der Waals surface area contributed by atoms with Crippen molar-refractivity contribution < 1.29 is 14.6 Å². The van der Waals surface area contributed by atoms with Gasteiger partial charge in [0.05, 0.1) is 13.7 Å². The molecule has 0 aromatic rings. The van der Waals surface area contributed by atoms with Crippen LogP contribution < -0.4 is 5.73 Å². The van der Waals surface area contributed by atoms with Crippen LogP contribution in [0, 0.1) is 0 Å². The summed E-state index contributed by atoms with van der Waals surface area (Å²) in [5.74, 6) is -0.153. The Morgan fingerprint density at radius 2 is 1.14 bits per heavy atom. The van der Waals surface area contributed by atoms with Crippen molar-refractivity contribution in [2.75, 3.05) is 13.7 Å². The van der Waals surface area contributed by atoms with Crippen molar-refractivity contribution in [3.05, 3.63) is 0 Å². The maximum Gasteiger partial charge on any atom is 0.217 e. The van der Waals surface area contributed by atoms with Crippen molar-refractivity contribution in [2.24, 2.45) is 5.73 Å². The van der Waals surface area contributed by atoms with Gasteiger partial charge in [0, 0.05) is 15.9 Å². The molecule has 0 aromatic heterocycles. The molecule has 0 bridgehead atoms.